The van der Waals surface area contributed by atoms with E-state index in [1.54, 1.807) is 0 Å². The van der Waals surface area contributed by atoms with Crippen molar-refractivity contribution in [1.29, 1.82) is 0 Å². The van der Waals surface area contributed by atoms with Crippen LogP contribution in [0.25, 0.3) is 10.9 Å². The van der Waals surface area contributed by atoms with Crippen molar-refractivity contribution < 1.29 is 9.59 Å². The van der Waals surface area contributed by atoms with Crippen LogP contribution in [-0.4, -0.2) is 23.0 Å². The van der Waals surface area contributed by atoms with Crippen molar-refractivity contribution in [3.8, 4) is 0 Å². The summed E-state index contributed by atoms with van der Waals surface area (Å²) in [6.07, 6.45) is 2.16. The predicted molar refractivity (Wildman–Crippen MR) is 99.9 cm³/mol. The maximum Gasteiger partial charge on any atom is 0.315 e. The number of para-hydroxylation sites is 1. The molecule has 0 saturated carbocycles. The smallest absolute Gasteiger partial charge is 0.315 e. The highest BCUT2D eigenvalue weighted by Crippen LogP contribution is 2.19. The van der Waals surface area contributed by atoms with Gasteiger partial charge in [-0.25, -0.2) is 10.6 Å². The molecule has 1 heterocycles. The first kappa shape index (κ1) is 17.5. The zero-order valence-corrected chi connectivity index (χ0v) is 14.2. The van der Waals surface area contributed by atoms with E-state index in [1.807, 2.05) is 60.8 Å². The predicted octanol–water partition coefficient (Wildman–Crippen LogP) is 1.57. The molecule has 3 amide bonds. The molecule has 26 heavy (non-hydrogen) atoms. The van der Waals surface area contributed by atoms with Crippen LogP contribution in [0.4, 0.5) is 4.79 Å². The summed E-state index contributed by atoms with van der Waals surface area (Å²) in [5.41, 5.74) is 4.99. The molecule has 0 aliphatic rings. The van der Waals surface area contributed by atoms with Gasteiger partial charge in [-0.1, -0.05) is 48.5 Å². The number of benzene rings is 2. The highest BCUT2D eigenvalue weighted by Gasteiger charge is 2.21. The van der Waals surface area contributed by atoms with Crippen molar-refractivity contribution in [1.82, 2.24) is 21.0 Å². The van der Waals surface area contributed by atoms with Crippen LogP contribution in [-0.2, 0) is 17.8 Å². The van der Waals surface area contributed by atoms with E-state index < -0.39 is 18.0 Å². The van der Waals surface area contributed by atoms with Crippen molar-refractivity contribution in [2.45, 2.75) is 19.0 Å². The maximum atomic E-state index is 12.2. The molecule has 0 aliphatic heterocycles. The first-order chi connectivity index (χ1) is 12.7. The van der Waals surface area contributed by atoms with Crippen LogP contribution in [0.2, 0.25) is 0 Å². The van der Waals surface area contributed by atoms with Crippen LogP contribution in [0, 0.1) is 0 Å². The first-order valence-electron chi connectivity index (χ1n) is 8.31. The summed E-state index contributed by atoms with van der Waals surface area (Å²) >= 11 is 0. The number of hydrogen-bond donors (Lipinski definition) is 5. The second-order valence-corrected chi connectivity index (χ2v) is 5.94. The van der Waals surface area contributed by atoms with Gasteiger partial charge in [0.1, 0.15) is 6.04 Å². The van der Waals surface area contributed by atoms with Gasteiger partial charge in [0.2, 0.25) is 0 Å². The standard InChI is InChI=1S/C19H21N5O2/c20-24-18(25)17(10-14-12-21-16-9-5-4-8-15(14)16)23-19(26)22-11-13-6-2-1-3-7-13/h1-9,12,17,21H,10-11,20H2,(H,24,25)(H2,22,23,26). The molecule has 0 fully saturated rings. The van der Waals surface area contributed by atoms with Crippen LogP contribution in [0.3, 0.4) is 0 Å². The van der Waals surface area contributed by atoms with Gasteiger partial charge in [0, 0.05) is 30.1 Å². The van der Waals surface area contributed by atoms with Gasteiger partial charge in [-0.2, -0.15) is 0 Å². The quantitative estimate of drug-likeness (QED) is 0.264. The van der Waals surface area contributed by atoms with E-state index in [4.69, 9.17) is 5.84 Å². The molecule has 0 radical (unpaired) electrons. The number of urea groups is 1. The van der Waals surface area contributed by atoms with Crippen molar-refractivity contribution in [2.24, 2.45) is 5.84 Å². The largest absolute Gasteiger partial charge is 0.361 e. The van der Waals surface area contributed by atoms with Crippen LogP contribution >= 0.6 is 0 Å². The van der Waals surface area contributed by atoms with Gasteiger partial charge in [0.25, 0.3) is 5.91 Å². The molecule has 2 aromatic carbocycles. The topological polar surface area (TPSA) is 112 Å². The monoisotopic (exact) mass is 351 g/mol. The lowest BCUT2D eigenvalue weighted by Gasteiger charge is -2.17. The van der Waals surface area contributed by atoms with E-state index in [9.17, 15) is 9.59 Å². The zero-order chi connectivity index (χ0) is 18.4. The van der Waals surface area contributed by atoms with Crippen molar-refractivity contribution in [2.75, 3.05) is 0 Å². The molecule has 3 aromatic rings. The molecule has 7 heteroatoms. The summed E-state index contributed by atoms with van der Waals surface area (Å²) in [6, 6.07) is 16.1. The number of nitrogens with two attached hydrogens (primary N) is 1. The Morgan fingerprint density at radius 2 is 1.77 bits per heavy atom. The van der Waals surface area contributed by atoms with Gasteiger partial charge in [-0.05, 0) is 17.2 Å². The third-order valence-electron chi connectivity index (χ3n) is 4.16. The Bertz CT molecular complexity index is 891. The zero-order valence-electron chi connectivity index (χ0n) is 14.2. The Hall–Kier alpha value is -3.32. The van der Waals surface area contributed by atoms with E-state index in [0.29, 0.717) is 13.0 Å². The number of carbonyl (C=O) groups excluding carboxylic acids is 2. The fourth-order valence-electron chi connectivity index (χ4n) is 2.82. The summed E-state index contributed by atoms with van der Waals surface area (Å²) in [4.78, 5) is 27.4. The lowest BCUT2D eigenvalue weighted by atomic mass is 10.0. The lowest BCUT2D eigenvalue weighted by Crippen LogP contribution is -2.52. The minimum Gasteiger partial charge on any atom is -0.361 e. The Morgan fingerprint density at radius 1 is 1.04 bits per heavy atom. The molecule has 0 aliphatic carbocycles. The van der Waals surface area contributed by atoms with Crippen LogP contribution < -0.4 is 21.9 Å². The third kappa shape index (κ3) is 4.20. The second kappa shape index (κ2) is 8.17. The minimum absolute atomic E-state index is 0.325. The highest BCUT2D eigenvalue weighted by atomic mass is 16.2. The maximum absolute atomic E-state index is 12.2. The summed E-state index contributed by atoms with van der Waals surface area (Å²) in [5, 5.41) is 6.44. The normalized spacial score (nSPS) is 11.7. The number of carbonyl (C=O) groups is 2. The first-order valence-corrected chi connectivity index (χ1v) is 8.31. The van der Waals surface area contributed by atoms with Crippen molar-refractivity contribution in [3.05, 3.63) is 71.9 Å². The fourth-order valence-corrected chi connectivity index (χ4v) is 2.82. The van der Waals surface area contributed by atoms with Crippen molar-refractivity contribution >= 4 is 22.8 Å². The minimum atomic E-state index is -0.782. The second-order valence-electron chi connectivity index (χ2n) is 5.94. The number of H-pyrrole nitrogens is 1. The third-order valence-corrected chi connectivity index (χ3v) is 4.16. The molecule has 0 spiro atoms. The molecule has 6 N–H and O–H groups in total. The van der Waals surface area contributed by atoms with E-state index in [2.05, 4.69) is 21.0 Å². The molecule has 0 saturated heterocycles. The summed E-state index contributed by atoms with van der Waals surface area (Å²) in [7, 11) is 0. The van der Waals surface area contributed by atoms with Gasteiger partial charge in [-0.3, -0.25) is 10.2 Å². The molecule has 7 nitrogen and oxygen atoms in total. The molecule has 3 rings (SSSR count). The Kier molecular flexibility index (Phi) is 5.50. The van der Waals surface area contributed by atoms with Crippen LogP contribution in [0.15, 0.2) is 60.8 Å². The van der Waals surface area contributed by atoms with Gasteiger partial charge in [0.05, 0.1) is 0 Å². The Balaban J connectivity index is 1.66. The number of hydrogen-bond acceptors (Lipinski definition) is 3. The lowest BCUT2D eigenvalue weighted by molar-refractivity contribution is -0.122. The summed E-state index contributed by atoms with van der Waals surface area (Å²) < 4.78 is 0. The average molecular weight is 351 g/mol. The number of amides is 3. The molecular formula is C19H21N5O2. The number of aromatic nitrogens is 1. The number of aromatic amines is 1. The molecule has 0 bridgehead atoms. The number of rotatable bonds is 6. The SMILES string of the molecule is NNC(=O)C(Cc1c[nH]c2ccccc12)NC(=O)NCc1ccccc1. The molecule has 134 valence electrons. The van der Waals surface area contributed by atoms with Gasteiger partial charge < -0.3 is 15.6 Å². The summed E-state index contributed by atoms with van der Waals surface area (Å²) in [6.45, 7) is 0.372. The number of fused-ring (bicyclic) bond motifs is 1. The van der Waals surface area contributed by atoms with Crippen LogP contribution in [0.1, 0.15) is 11.1 Å². The van der Waals surface area contributed by atoms with E-state index in [1.165, 1.54) is 0 Å². The van der Waals surface area contributed by atoms with Gasteiger partial charge in [-0.15, -0.1) is 0 Å². The molecular weight excluding hydrogens is 330 g/mol. The van der Waals surface area contributed by atoms with Crippen LogP contribution in [0.5, 0.6) is 0 Å². The summed E-state index contributed by atoms with van der Waals surface area (Å²) in [5.74, 6) is 4.82. The molecule has 1 aromatic heterocycles. The number of hydrazine groups is 1. The van der Waals surface area contributed by atoms with E-state index in [0.717, 1.165) is 22.0 Å². The Morgan fingerprint density at radius 3 is 2.54 bits per heavy atom. The van der Waals surface area contributed by atoms with E-state index in [-0.39, 0.29) is 0 Å². The van der Waals surface area contributed by atoms with E-state index >= 15 is 0 Å². The van der Waals surface area contributed by atoms with Gasteiger partial charge in [0.15, 0.2) is 0 Å². The Labute approximate surface area is 150 Å². The number of nitrogens with one attached hydrogen (secondary N) is 4. The van der Waals surface area contributed by atoms with Crippen molar-refractivity contribution in [3.63, 3.8) is 0 Å². The van der Waals surface area contributed by atoms with Gasteiger partial charge >= 0.3 is 6.03 Å². The highest BCUT2D eigenvalue weighted by molar-refractivity contribution is 5.88. The average Bonchev–Trinajstić information content (AvgIpc) is 3.09. The fraction of sp³-hybridized carbons (Fsp3) is 0.158. The molecule has 1 atom stereocenters. The molecule has 1 unspecified atom stereocenters.